The molecular formula is C34H63IN2O. The Bertz CT molecular complexity index is 742. The Balaban J connectivity index is 0.00000400. The highest BCUT2D eigenvalue weighted by Crippen LogP contribution is 2.68. The van der Waals surface area contributed by atoms with Crippen LogP contribution >= 0.6 is 24.0 Å². The topological polar surface area (TPSA) is 32.3 Å². The minimum absolute atomic E-state index is 0. The van der Waals surface area contributed by atoms with Crippen molar-refractivity contribution >= 4 is 29.9 Å². The van der Waals surface area contributed by atoms with Crippen molar-refractivity contribution in [3.8, 4) is 0 Å². The highest BCUT2D eigenvalue weighted by molar-refractivity contribution is 14.0. The Hall–Kier alpha value is 0.160. The van der Waals surface area contributed by atoms with E-state index in [-0.39, 0.29) is 24.0 Å². The normalized spacial score (nSPS) is 37.9. The molecule has 0 bridgehead atoms. The summed E-state index contributed by atoms with van der Waals surface area (Å²) in [5.74, 6) is 6.48. The highest BCUT2D eigenvalue weighted by atomic mass is 127. The molecule has 9 atom stereocenters. The second kappa shape index (κ2) is 14.4. The third-order valence-corrected chi connectivity index (χ3v) is 12.7. The second-order valence-corrected chi connectivity index (χ2v) is 15.0. The van der Waals surface area contributed by atoms with Gasteiger partial charge in [-0.1, -0.05) is 53.4 Å². The van der Waals surface area contributed by atoms with Crippen LogP contribution in [0.15, 0.2) is 0 Å². The van der Waals surface area contributed by atoms with Crippen molar-refractivity contribution < 1.29 is 4.79 Å². The minimum Gasteiger partial charge on any atom is -0.356 e. The summed E-state index contributed by atoms with van der Waals surface area (Å²) in [5.41, 5.74) is 1.17. The van der Waals surface area contributed by atoms with Crippen molar-refractivity contribution in [2.75, 3.05) is 27.2 Å². The van der Waals surface area contributed by atoms with Crippen LogP contribution in [0.1, 0.15) is 130 Å². The molecule has 4 heteroatoms. The summed E-state index contributed by atoms with van der Waals surface area (Å²) in [5, 5.41) is 3.29. The number of nitrogens with zero attached hydrogens (tertiary/aromatic N) is 1. The van der Waals surface area contributed by atoms with Crippen LogP contribution in [-0.2, 0) is 4.79 Å². The van der Waals surface area contributed by atoms with Crippen LogP contribution in [0.25, 0.3) is 0 Å². The van der Waals surface area contributed by atoms with E-state index in [1.807, 2.05) is 0 Å². The fraction of sp³-hybridized carbons (Fsp3) is 0.971. The van der Waals surface area contributed by atoms with Crippen molar-refractivity contribution in [2.45, 2.75) is 130 Å². The van der Waals surface area contributed by atoms with Gasteiger partial charge in [0.25, 0.3) is 0 Å². The average Bonchev–Trinajstić information content (AvgIpc) is 3.22. The maximum absolute atomic E-state index is 12.8. The molecule has 0 aromatic carbocycles. The van der Waals surface area contributed by atoms with Gasteiger partial charge in [0.1, 0.15) is 0 Å². The summed E-state index contributed by atoms with van der Waals surface area (Å²) in [6, 6.07) is 0. The summed E-state index contributed by atoms with van der Waals surface area (Å²) < 4.78 is 0. The Morgan fingerprint density at radius 2 is 1.66 bits per heavy atom. The molecule has 0 radical (unpaired) electrons. The van der Waals surface area contributed by atoms with Gasteiger partial charge < -0.3 is 10.2 Å². The Kier molecular flexibility index (Phi) is 12.4. The largest absolute Gasteiger partial charge is 0.356 e. The molecule has 4 aliphatic rings. The zero-order valence-electron chi connectivity index (χ0n) is 26.0. The van der Waals surface area contributed by atoms with E-state index in [0.29, 0.717) is 22.7 Å². The molecule has 0 heterocycles. The molecular weight excluding hydrogens is 579 g/mol. The van der Waals surface area contributed by atoms with Crippen LogP contribution in [-0.4, -0.2) is 38.0 Å². The maximum Gasteiger partial charge on any atom is 0.220 e. The van der Waals surface area contributed by atoms with Gasteiger partial charge in [-0.15, -0.1) is 24.0 Å². The van der Waals surface area contributed by atoms with Crippen LogP contribution < -0.4 is 5.32 Å². The molecule has 0 aromatic heterocycles. The molecule has 4 fully saturated rings. The standard InChI is InChI=1S/C34H62N2O.HI/c1-7-10-26(20-24-36(5)6)19-23-35-32(37)17-12-25(2)29-15-16-30-28-14-13-27-11-8-9-21-33(27,3)31(28)18-22-34(29,30)4;/h25-31H,7-24H2,1-6H3,(H,35,37);1H/t25-,26?,27?,28?,29-,30?,31?,33+,34-;/m1./s1. The van der Waals surface area contributed by atoms with Crippen molar-refractivity contribution in [1.82, 2.24) is 10.2 Å². The highest BCUT2D eigenvalue weighted by Gasteiger charge is 2.60. The number of amides is 1. The molecule has 38 heavy (non-hydrogen) atoms. The van der Waals surface area contributed by atoms with Gasteiger partial charge >= 0.3 is 0 Å². The smallest absolute Gasteiger partial charge is 0.220 e. The first-order chi connectivity index (χ1) is 17.7. The SMILES string of the molecule is CCCC(CCNC(=O)CC[C@@H](C)[C@H]1CCC2C3CCC4CCCC[C@]4(C)C3CC[C@@]21C)CCN(C)C.I. The van der Waals surface area contributed by atoms with Gasteiger partial charge in [0.2, 0.25) is 5.91 Å². The number of carbonyl (C=O) groups is 1. The molecule has 0 aromatic rings. The fourth-order valence-corrected chi connectivity index (χ4v) is 10.6. The average molecular weight is 643 g/mol. The van der Waals surface area contributed by atoms with E-state index in [0.717, 1.165) is 67.9 Å². The van der Waals surface area contributed by atoms with E-state index in [1.165, 1.54) is 83.5 Å². The summed E-state index contributed by atoms with van der Waals surface area (Å²) in [6.07, 6.45) is 21.5. The number of fused-ring (bicyclic) bond motifs is 5. The van der Waals surface area contributed by atoms with Gasteiger partial charge in [-0.2, -0.15) is 0 Å². The monoisotopic (exact) mass is 642 g/mol. The van der Waals surface area contributed by atoms with Gasteiger partial charge in [-0.3, -0.25) is 4.79 Å². The Morgan fingerprint density at radius 3 is 2.39 bits per heavy atom. The van der Waals surface area contributed by atoms with E-state index >= 15 is 0 Å². The van der Waals surface area contributed by atoms with Gasteiger partial charge in [0, 0.05) is 13.0 Å². The molecule has 222 valence electrons. The molecule has 5 unspecified atom stereocenters. The van der Waals surface area contributed by atoms with E-state index in [1.54, 1.807) is 0 Å². The number of hydrogen-bond acceptors (Lipinski definition) is 2. The van der Waals surface area contributed by atoms with E-state index < -0.39 is 0 Å². The molecule has 0 spiro atoms. The second-order valence-electron chi connectivity index (χ2n) is 15.0. The summed E-state index contributed by atoms with van der Waals surface area (Å²) in [4.78, 5) is 15.1. The van der Waals surface area contributed by atoms with Crippen molar-refractivity contribution in [1.29, 1.82) is 0 Å². The van der Waals surface area contributed by atoms with Crippen LogP contribution in [0.5, 0.6) is 0 Å². The van der Waals surface area contributed by atoms with E-state index in [9.17, 15) is 4.79 Å². The lowest BCUT2D eigenvalue weighted by Gasteiger charge is -2.61. The first-order valence-electron chi connectivity index (χ1n) is 16.6. The van der Waals surface area contributed by atoms with E-state index in [2.05, 4.69) is 52.0 Å². The molecule has 4 aliphatic carbocycles. The Labute approximate surface area is 253 Å². The van der Waals surface area contributed by atoms with E-state index in [4.69, 9.17) is 0 Å². The third-order valence-electron chi connectivity index (χ3n) is 12.7. The number of halogens is 1. The Morgan fingerprint density at radius 1 is 0.895 bits per heavy atom. The predicted octanol–water partition coefficient (Wildman–Crippen LogP) is 8.94. The molecule has 0 aliphatic heterocycles. The summed E-state index contributed by atoms with van der Waals surface area (Å²) in [7, 11) is 4.32. The lowest BCUT2D eigenvalue weighted by Crippen LogP contribution is -2.53. The fourth-order valence-electron chi connectivity index (χ4n) is 10.6. The van der Waals surface area contributed by atoms with Gasteiger partial charge in [-0.05, 0) is 144 Å². The van der Waals surface area contributed by atoms with Crippen molar-refractivity contribution in [2.24, 2.45) is 52.3 Å². The molecule has 1 amide bonds. The first kappa shape index (κ1) is 32.7. The molecule has 1 N–H and O–H groups in total. The molecule has 3 nitrogen and oxygen atoms in total. The lowest BCUT2D eigenvalue weighted by atomic mass is 9.44. The van der Waals surface area contributed by atoms with Crippen LogP contribution in [0, 0.1) is 52.3 Å². The zero-order chi connectivity index (χ0) is 26.6. The molecule has 0 saturated heterocycles. The quantitative estimate of drug-likeness (QED) is 0.216. The molecule has 4 rings (SSSR count). The van der Waals surface area contributed by atoms with Crippen LogP contribution in [0.4, 0.5) is 0 Å². The van der Waals surface area contributed by atoms with Crippen LogP contribution in [0.3, 0.4) is 0 Å². The third kappa shape index (κ3) is 7.13. The number of hydrogen-bond donors (Lipinski definition) is 1. The predicted molar refractivity (Wildman–Crippen MR) is 173 cm³/mol. The lowest BCUT2D eigenvalue weighted by molar-refractivity contribution is -0.122. The molecule has 4 saturated carbocycles. The first-order valence-corrected chi connectivity index (χ1v) is 16.6. The summed E-state index contributed by atoms with van der Waals surface area (Å²) in [6.45, 7) is 12.2. The number of rotatable bonds is 12. The van der Waals surface area contributed by atoms with Gasteiger partial charge in [0.15, 0.2) is 0 Å². The van der Waals surface area contributed by atoms with Gasteiger partial charge in [-0.25, -0.2) is 0 Å². The maximum atomic E-state index is 12.8. The van der Waals surface area contributed by atoms with Crippen LogP contribution in [0.2, 0.25) is 0 Å². The summed E-state index contributed by atoms with van der Waals surface area (Å²) >= 11 is 0. The zero-order valence-corrected chi connectivity index (χ0v) is 28.4. The minimum atomic E-state index is 0. The van der Waals surface area contributed by atoms with Crippen molar-refractivity contribution in [3.63, 3.8) is 0 Å². The van der Waals surface area contributed by atoms with Gasteiger partial charge in [0.05, 0.1) is 0 Å². The number of nitrogens with one attached hydrogen (secondary N) is 1. The number of carbonyl (C=O) groups excluding carboxylic acids is 1. The van der Waals surface area contributed by atoms with Crippen molar-refractivity contribution in [3.05, 3.63) is 0 Å².